The first-order chi connectivity index (χ1) is 3.43. The highest BCUT2D eigenvalue weighted by molar-refractivity contribution is 5.71. The number of ether oxygens (including phenoxy) is 1. The van der Waals surface area contributed by atoms with E-state index < -0.39 is 0 Å². The Hall–Kier alpha value is -1.14. The molecule has 0 aromatic carbocycles. The second-order valence-electron chi connectivity index (χ2n) is 1.07. The lowest BCUT2D eigenvalue weighted by Gasteiger charge is -1.69. The van der Waals surface area contributed by atoms with Crippen LogP contribution in [0.2, 0.25) is 0 Å². The molecule has 0 bridgehead atoms. The molecule has 0 saturated carbocycles. The van der Waals surface area contributed by atoms with Crippen LogP contribution in [-0.2, 0) is 9.53 Å². The Morgan fingerprint density at radius 3 is 3.00 bits per heavy atom. The molecule has 0 fully saturated rings. The average Bonchev–Trinajstić information content (AvgIpc) is 2.14. The second-order valence-corrected chi connectivity index (χ2v) is 1.07. The molecule has 1 aliphatic rings. The number of hydrogen-bond donors (Lipinski definition) is 0. The SMILES string of the molecule is O=CC1=CC=[C+]O1. The molecular formula is C5H3O2+. The average molecular weight is 95.1 g/mol. The minimum Gasteiger partial charge on any atom is -0.277 e. The fourth-order valence-electron chi connectivity index (χ4n) is 0.316. The molecule has 0 N–H and O–H groups in total. The first-order valence-electron chi connectivity index (χ1n) is 1.84. The van der Waals surface area contributed by atoms with Gasteiger partial charge in [-0.25, -0.2) is 0 Å². The topological polar surface area (TPSA) is 26.3 Å². The smallest absolute Gasteiger partial charge is 0.277 e. The van der Waals surface area contributed by atoms with E-state index in [0.29, 0.717) is 12.0 Å². The van der Waals surface area contributed by atoms with Crippen molar-refractivity contribution in [3.63, 3.8) is 0 Å². The predicted molar refractivity (Wildman–Crippen MR) is 23.0 cm³/mol. The lowest BCUT2D eigenvalue weighted by atomic mass is 10.5. The standard InChI is InChI=1S/C5H3O2/c6-4-5-2-1-3-7-5/h1-2,4H/q+1. The molecule has 1 aliphatic heterocycles. The van der Waals surface area contributed by atoms with Crippen LogP contribution in [-0.4, -0.2) is 6.29 Å². The fraction of sp³-hybridized carbons (Fsp3) is 0. The van der Waals surface area contributed by atoms with Crippen LogP contribution in [0.3, 0.4) is 0 Å². The minimum atomic E-state index is 0.319. The van der Waals surface area contributed by atoms with Gasteiger partial charge < -0.3 is 0 Å². The first kappa shape index (κ1) is 4.03. The molecule has 1 heterocycles. The summed E-state index contributed by atoms with van der Waals surface area (Å²) in [5.74, 6) is 0.319. The highest BCUT2D eigenvalue weighted by atomic mass is 16.5. The molecule has 0 aromatic rings. The van der Waals surface area contributed by atoms with Gasteiger partial charge in [-0.1, -0.05) is 0 Å². The third-order valence-electron chi connectivity index (χ3n) is 0.609. The van der Waals surface area contributed by atoms with Gasteiger partial charge in [0.2, 0.25) is 6.26 Å². The molecule has 1 rings (SSSR count). The maximum absolute atomic E-state index is 9.75. The lowest BCUT2D eigenvalue weighted by Crippen LogP contribution is -1.78. The van der Waals surface area contributed by atoms with Gasteiger partial charge in [0.25, 0.3) is 6.29 Å². The molecule has 0 spiro atoms. The molecule has 0 amide bonds. The van der Waals surface area contributed by atoms with E-state index >= 15 is 0 Å². The summed E-state index contributed by atoms with van der Waals surface area (Å²) >= 11 is 0. The van der Waals surface area contributed by atoms with Gasteiger partial charge in [-0.3, -0.25) is 9.53 Å². The molecule has 34 valence electrons. The summed E-state index contributed by atoms with van der Waals surface area (Å²) in [5.41, 5.74) is 0. The number of carbonyl (C=O) groups is 1. The van der Waals surface area contributed by atoms with Gasteiger partial charge in [-0.05, 0) is 0 Å². The Labute approximate surface area is 41.1 Å². The van der Waals surface area contributed by atoms with Gasteiger partial charge in [-0.2, -0.15) is 0 Å². The zero-order valence-electron chi connectivity index (χ0n) is 3.55. The van der Waals surface area contributed by atoms with Crippen LogP contribution in [0.5, 0.6) is 0 Å². The summed E-state index contributed by atoms with van der Waals surface area (Å²) in [7, 11) is 0. The zero-order chi connectivity index (χ0) is 5.11. The van der Waals surface area contributed by atoms with Crippen LogP contribution in [0.15, 0.2) is 17.9 Å². The van der Waals surface area contributed by atoms with Crippen LogP contribution in [0.1, 0.15) is 0 Å². The summed E-state index contributed by atoms with van der Waals surface area (Å²) in [5, 5.41) is 0. The maximum Gasteiger partial charge on any atom is 0.331 e. The predicted octanol–water partition coefficient (Wildman–Crippen LogP) is 0.416. The van der Waals surface area contributed by atoms with Crippen molar-refractivity contribution in [2.24, 2.45) is 0 Å². The Balaban J connectivity index is 2.61. The van der Waals surface area contributed by atoms with Gasteiger partial charge in [0.05, 0.1) is 0 Å². The largest absolute Gasteiger partial charge is 0.331 e. The number of allylic oxidation sites excluding steroid dienone is 3. The molecule has 0 aromatic heterocycles. The summed E-state index contributed by atoms with van der Waals surface area (Å²) in [6.45, 7) is 0. The number of hydrogen-bond acceptors (Lipinski definition) is 2. The van der Waals surface area contributed by atoms with E-state index in [1.54, 1.807) is 12.2 Å². The Morgan fingerprint density at radius 2 is 2.71 bits per heavy atom. The third-order valence-corrected chi connectivity index (χ3v) is 0.609. The zero-order valence-corrected chi connectivity index (χ0v) is 3.55. The van der Waals surface area contributed by atoms with E-state index in [2.05, 4.69) is 11.0 Å². The maximum atomic E-state index is 9.75. The van der Waals surface area contributed by atoms with Crippen molar-refractivity contribution < 1.29 is 9.53 Å². The molecule has 2 heteroatoms. The Bertz CT molecular complexity index is 133. The summed E-state index contributed by atoms with van der Waals surface area (Å²) in [6.07, 6.45) is 6.10. The highest BCUT2D eigenvalue weighted by Gasteiger charge is 2.08. The van der Waals surface area contributed by atoms with Gasteiger partial charge in [0.15, 0.2) is 6.08 Å². The van der Waals surface area contributed by atoms with E-state index in [1.807, 2.05) is 0 Å². The van der Waals surface area contributed by atoms with E-state index in [0.717, 1.165) is 0 Å². The van der Waals surface area contributed by atoms with Gasteiger partial charge in [0, 0.05) is 0 Å². The van der Waals surface area contributed by atoms with Crippen LogP contribution in [0.25, 0.3) is 0 Å². The number of rotatable bonds is 1. The van der Waals surface area contributed by atoms with E-state index in [-0.39, 0.29) is 0 Å². The quantitative estimate of drug-likeness (QED) is 0.348. The first-order valence-corrected chi connectivity index (χ1v) is 1.84. The molecule has 0 saturated heterocycles. The van der Waals surface area contributed by atoms with E-state index in [1.165, 1.54) is 0 Å². The van der Waals surface area contributed by atoms with Crippen molar-refractivity contribution in [3.05, 3.63) is 24.2 Å². The number of carbonyl (C=O) groups excluding carboxylic acids is 1. The van der Waals surface area contributed by atoms with Crippen LogP contribution >= 0.6 is 0 Å². The van der Waals surface area contributed by atoms with E-state index in [9.17, 15) is 4.79 Å². The van der Waals surface area contributed by atoms with Gasteiger partial charge in [0.1, 0.15) is 6.08 Å². The second kappa shape index (κ2) is 1.54. The van der Waals surface area contributed by atoms with Crippen molar-refractivity contribution in [3.8, 4) is 0 Å². The van der Waals surface area contributed by atoms with Crippen LogP contribution < -0.4 is 0 Å². The van der Waals surface area contributed by atoms with Crippen LogP contribution in [0, 0.1) is 6.26 Å². The van der Waals surface area contributed by atoms with Gasteiger partial charge >= 0.3 is 5.76 Å². The number of aldehydes is 1. The molecule has 0 unspecified atom stereocenters. The molecular weight excluding hydrogens is 92.1 g/mol. The van der Waals surface area contributed by atoms with Crippen molar-refractivity contribution in [1.82, 2.24) is 0 Å². The molecule has 0 aliphatic carbocycles. The van der Waals surface area contributed by atoms with Crippen LogP contribution in [0.4, 0.5) is 0 Å². The summed E-state index contributed by atoms with van der Waals surface area (Å²) in [4.78, 5) is 9.75. The van der Waals surface area contributed by atoms with Crippen molar-refractivity contribution in [2.75, 3.05) is 0 Å². The summed E-state index contributed by atoms with van der Waals surface area (Å²) < 4.78 is 4.49. The van der Waals surface area contributed by atoms with E-state index in [4.69, 9.17) is 0 Å². The molecule has 0 radical (unpaired) electrons. The van der Waals surface area contributed by atoms with Crippen molar-refractivity contribution in [2.45, 2.75) is 0 Å². The molecule has 7 heavy (non-hydrogen) atoms. The third kappa shape index (κ3) is 0.643. The summed E-state index contributed by atoms with van der Waals surface area (Å²) in [6, 6.07) is 0. The highest BCUT2D eigenvalue weighted by Crippen LogP contribution is 1.99. The van der Waals surface area contributed by atoms with Gasteiger partial charge in [-0.15, -0.1) is 0 Å². The molecule has 2 nitrogen and oxygen atoms in total. The lowest BCUT2D eigenvalue weighted by molar-refractivity contribution is -0.107. The van der Waals surface area contributed by atoms with Crippen molar-refractivity contribution in [1.29, 1.82) is 0 Å². The normalized spacial score (nSPS) is 14.6. The molecule has 0 atom stereocenters. The minimum absolute atomic E-state index is 0.319. The fourth-order valence-corrected chi connectivity index (χ4v) is 0.316. The Kier molecular flexibility index (Phi) is 0.886. The Morgan fingerprint density at radius 1 is 1.86 bits per heavy atom. The van der Waals surface area contributed by atoms with Crippen molar-refractivity contribution >= 4 is 6.29 Å². The monoisotopic (exact) mass is 95.0 g/mol.